The molecule has 2 heteroatoms. The van der Waals surface area contributed by atoms with Crippen molar-refractivity contribution in [1.29, 1.82) is 0 Å². The summed E-state index contributed by atoms with van der Waals surface area (Å²) in [4.78, 5) is 3.83. The number of allylic oxidation sites excluding steroid dienone is 1. The van der Waals surface area contributed by atoms with E-state index < -0.39 is 0 Å². The van der Waals surface area contributed by atoms with Crippen molar-refractivity contribution < 1.29 is 0 Å². The molecule has 0 aliphatic carbocycles. The van der Waals surface area contributed by atoms with Crippen molar-refractivity contribution in [1.82, 2.24) is 0 Å². The van der Waals surface area contributed by atoms with Gasteiger partial charge in [0.25, 0.3) is 0 Å². The predicted octanol–water partition coefficient (Wildman–Crippen LogP) is 0.940. The molecule has 0 aromatic carbocycles. The van der Waals surface area contributed by atoms with Crippen molar-refractivity contribution in [3.8, 4) is 0 Å². The van der Waals surface area contributed by atoms with Crippen LogP contribution >= 0.6 is 0 Å². The molecule has 0 aromatic heterocycles. The number of nitrogens with zero attached hydrogens (tertiary/aromatic N) is 1. The fourth-order valence-corrected chi connectivity index (χ4v) is 0.288. The number of hydrogen-bond donors (Lipinski definition) is 1. The molecule has 0 saturated carbocycles. The van der Waals surface area contributed by atoms with E-state index in [9.17, 15) is 0 Å². The lowest BCUT2D eigenvalue weighted by atomic mass is 10.3. The molecule has 0 rings (SSSR count). The second-order valence-electron chi connectivity index (χ2n) is 1.62. The largest absolute Gasteiger partial charge is 0.390 e. The first-order valence-corrected chi connectivity index (χ1v) is 2.63. The van der Waals surface area contributed by atoms with Crippen LogP contribution in [0.3, 0.4) is 0 Å². The molecule has 0 fully saturated rings. The maximum atomic E-state index is 5.01. The number of aliphatic imine (C=N–C) groups is 1. The number of hydrogen-bond acceptors (Lipinski definition) is 1. The van der Waals surface area contributed by atoms with E-state index in [0.717, 1.165) is 6.54 Å². The van der Waals surface area contributed by atoms with Crippen molar-refractivity contribution in [2.75, 3.05) is 6.54 Å². The third kappa shape index (κ3) is 3.40. The maximum absolute atomic E-state index is 5.01. The van der Waals surface area contributed by atoms with Crippen LogP contribution < -0.4 is 5.73 Å². The Labute approximate surface area is 50.1 Å². The lowest BCUT2D eigenvalue weighted by Crippen LogP contribution is -1.91. The van der Waals surface area contributed by atoms with Gasteiger partial charge in [-0.3, -0.25) is 4.99 Å². The van der Waals surface area contributed by atoms with Crippen LogP contribution in [0, 0.1) is 0 Å². The Morgan fingerprint density at radius 2 is 2.38 bits per heavy atom. The summed E-state index contributed by atoms with van der Waals surface area (Å²) in [6.45, 7) is 4.74. The molecule has 0 aliphatic rings. The Balaban J connectivity index is 3.40. The zero-order chi connectivity index (χ0) is 6.41. The monoisotopic (exact) mass is 112 g/mol. The van der Waals surface area contributed by atoms with Gasteiger partial charge in [0.05, 0.1) is 12.9 Å². The third-order valence-electron chi connectivity index (χ3n) is 0.939. The Morgan fingerprint density at radius 3 is 2.75 bits per heavy atom. The molecular weight excluding hydrogens is 100 g/mol. The Morgan fingerprint density at radius 1 is 1.75 bits per heavy atom. The van der Waals surface area contributed by atoms with Gasteiger partial charge in [0.2, 0.25) is 0 Å². The van der Waals surface area contributed by atoms with Gasteiger partial charge in [0, 0.05) is 0 Å². The topological polar surface area (TPSA) is 38.4 Å². The molecule has 0 aliphatic heterocycles. The summed E-state index contributed by atoms with van der Waals surface area (Å²) in [5.41, 5.74) is 6.25. The zero-order valence-corrected chi connectivity index (χ0v) is 5.39. The van der Waals surface area contributed by atoms with E-state index in [4.69, 9.17) is 5.73 Å². The van der Waals surface area contributed by atoms with Crippen LogP contribution in [0.2, 0.25) is 0 Å². The molecule has 0 atom stereocenters. The Kier molecular flexibility index (Phi) is 3.94. The second kappa shape index (κ2) is 4.37. The van der Waals surface area contributed by atoms with E-state index in [-0.39, 0.29) is 0 Å². The summed E-state index contributed by atoms with van der Waals surface area (Å²) >= 11 is 0. The van der Waals surface area contributed by atoms with Gasteiger partial charge in [-0.25, -0.2) is 0 Å². The van der Waals surface area contributed by atoms with Crippen molar-refractivity contribution in [3.05, 3.63) is 11.6 Å². The third-order valence-corrected chi connectivity index (χ3v) is 0.939. The van der Waals surface area contributed by atoms with Gasteiger partial charge in [0.15, 0.2) is 0 Å². The molecular formula is C6H12N2. The van der Waals surface area contributed by atoms with Gasteiger partial charge in [-0.05, 0) is 13.8 Å². The minimum Gasteiger partial charge on any atom is -0.390 e. The van der Waals surface area contributed by atoms with E-state index in [1.54, 1.807) is 0 Å². The molecule has 0 bridgehead atoms. The summed E-state index contributed by atoms with van der Waals surface area (Å²) in [6.07, 6.45) is 3.35. The smallest absolute Gasteiger partial charge is 0.0801 e. The van der Waals surface area contributed by atoms with Crippen molar-refractivity contribution in [2.24, 2.45) is 10.7 Å². The van der Waals surface area contributed by atoms with Crippen LogP contribution in [-0.2, 0) is 0 Å². The van der Waals surface area contributed by atoms with Gasteiger partial charge in [0.1, 0.15) is 0 Å². The van der Waals surface area contributed by atoms with Crippen LogP contribution in [0.5, 0.6) is 0 Å². The molecule has 0 spiro atoms. The highest BCUT2D eigenvalue weighted by Crippen LogP contribution is 1.89. The molecule has 8 heavy (non-hydrogen) atoms. The lowest BCUT2D eigenvalue weighted by Gasteiger charge is -1.88. The normalized spacial score (nSPS) is 13.0. The average molecular weight is 112 g/mol. The Bertz CT molecular complexity index is 103. The fourth-order valence-electron chi connectivity index (χ4n) is 0.288. The van der Waals surface area contributed by atoms with Crippen molar-refractivity contribution in [3.63, 3.8) is 0 Å². The summed E-state index contributed by atoms with van der Waals surface area (Å²) in [7, 11) is 0. The molecule has 46 valence electrons. The minimum absolute atomic E-state index is 0.729. The van der Waals surface area contributed by atoms with Gasteiger partial charge in [-0.2, -0.15) is 0 Å². The minimum atomic E-state index is 0.729. The number of rotatable bonds is 2. The summed E-state index contributed by atoms with van der Waals surface area (Å²) in [5, 5.41) is 0. The van der Waals surface area contributed by atoms with E-state index in [1.165, 1.54) is 11.9 Å². The van der Waals surface area contributed by atoms with Gasteiger partial charge in [-0.15, -0.1) is 0 Å². The quantitative estimate of drug-likeness (QED) is 0.322. The van der Waals surface area contributed by atoms with Crippen molar-refractivity contribution >= 4 is 6.34 Å². The fraction of sp³-hybridized carbons (Fsp3) is 0.500. The maximum Gasteiger partial charge on any atom is 0.0801 e. The zero-order valence-electron chi connectivity index (χ0n) is 5.39. The van der Waals surface area contributed by atoms with Crippen LogP contribution in [0.4, 0.5) is 0 Å². The Hall–Kier alpha value is -0.790. The average Bonchev–Trinajstić information content (AvgIpc) is 1.83. The van der Waals surface area contributed by atoms with Crippen LogP contribution in [0.1, 0.15) is 13.8 Å². The molecule has 0 saturated heterocycles. The summed E-state index contributed by atoms with van der Waals surface area (Å²) in [6, 6.07) is 0. The molecule has 0 unspecified atom stereocenters. The predicted molar refractivity (Wildman–Crippen MR) is 37.0 cm³/mol. The molecule has 0 heterocycles. The first-order valence-electron chi connectivity index (χ1n) is 2.63. The first-order chi connectivity index (χ1) is 3.81. The number of nitrogens with two attached hydrogens (primary N) is 1. The van der Waals surface area contributed by atoms with Gasteiger partial charge in [-0.1, -0.05) is 11.6 Å². The van der Waals surface area contributed by atoms with E-state index >= 15 is 0 Å². The van der Waals surface area contributed by atoms with E-state index in [1.807, 2.05) is 19.9 Å². The molecule has 0 aromatic rings. The second-order valence-corrected chi connectivity index (χ2v) is 1.62. The van der Waals surface area contributed by atoms with Gasteiger partial charge >= 0.3 is 0 Å². The standard InChI is InChI=1S/C6H12N2/c1-3-6(2)4-8-5-7/h3,5H,4H2,1-2H3,(H2,7,8)/b6-3-. The van der Waals surface area contributed by atoms with E-state index in [2.05, 4.69) is 4.99 Å². The van der Waals surface area contributed by atoms with Crippen LogP contribution in [0.25, 0.3) is 0 Å². The highest BCUT2D eigenvalue weighted by atomic mass is 14.8. The van der Waals surface area contributed by atoms with Crippen LogP contribution in [-0.4, -0.2) is 12.9 Å². The summed E-state index contributed by atoms with van der Waals surface area (Å²) in [5.74, 6) is 0. The summed E-state index contributed by atoms with van der Waals surface area (Å²) < 4.78 is 0. The SMILES string of the molecule is C/C=C(/C)C/N=C\N. The van der Waals surface area contributed by atoms with E-state index in [0.29, 0.717) is 0 Å². The van der Waals surface area contributed by atoms with Gasteiger partial charge < -0.3 is 5.73 Å². The highest BCUT2D eigenvalue weighted by molar-refractivity contribution is 5.51. The molecule has 0 radical (unpaired) electrons. The van der Waals surface area contributed by atoms with Crippen LogP contribution in [0.15, 0.2) is 16.6 Å². The molecule has 2 nitrogen and oxygen atoms in total. The lowest BCUT2D eigenvalue weighted by molar-refractivity contribution is 1.13. The van der Waals surface area contributed by atoms with Crippen molar-refractivity contribution in [2.45, 2.75) is 13.8 Å². The first kappa shape index (κ1) is 7.21. The molecule has 2 N–H and O–H groups in total. The highest BCUT2D eigenvalue weighted by Gasteiger charge is 1.78. The molecule has 0 amide bonds.